The summed E-state index contributed by atoms with van der Waals surface area (Å²) in [5.41, 5.74) is -1.45. The summed E-state index contributed by atoms with van der Waals surface area (Å²) in [6, 6.07) is 0. The molecule has 0 aromatic rings. The first kappa shape index (κ1) is 13.1. The van der Waals surface area contributed by atoms with Gasteiger partial charge in [-0.2, -0.15) is 27.1 Å². The number of hydrogen-bond donors (Lipinski definition) is 0. The molecule has 1 heterocycles. The van der Waals surface area contributed by atoms with E-state index in [0.29, 0.717) is 5.01 Å². The SMILES string of the molecule is CCC1C(C(F)(F)C(F)(F)F)=NN(C)C1F. The minimum Gasteiger partial charge on any atom is -0.266 e. The lowest BCUT2D eigenvalue weighted by molar-refractivity contribution is -0.250. The van der Waals surface area contributed by atoms with Gasteiger partial charge >= 0.3 is 12.1 Å². The van der Waals surface area contributed by atoms with E-state index in [1.165, 1.54) is 6.92 Å². The summed E-state index contributed by atoms with van der Waals surface area (Å²) in [5, 5.41) is 3.45. The average Bonchev–Trinajstić information content (AvgIpc) is 2.42. The van der Waals surface area contributed by atoms with Crippen molar-refractivity contribution in [3.8, 4) is 0 Å². The van der Waals surface area contributed by atoms with E-state index in [9.17, 15) is 26.3 Å². The Morgan fingerprint density at radius 2 is 1.75 bits per heavy atom. The lowest BCUT2D eigenvalue weighted by atomic mass is 9.95. The maximum atomic E-state index is 13.3. The van der Waals surface area contributed by atoms with Crippen molar-refractivity contribution >= 4 is 5.71 Å². The van der Waals surface area contributed by atoms with Gasteiger partial charge in [0.15, 0.2) is 6.30 Å². The summed E-state index contributed by atoms with van der Waals surface area (Å²) in [5.74, 6) is -6.61. The van der Waals surface area contributed by atoms with Crippen molar-refractivity contribution < 1.29 is 26.3 Å². The van der Waals surface area contributed by atoms with E-state index in [-0.39, 0.29) is 6.42 Å². The van der Waals surface area contributed by atoms with E-state index in [2.05, 4.69) is 5.10 Å². The van der Waals surface area contributed by atoms with Crippen LogP contribution in [0.3, 0.4) is 0 Å². The minimum atomic E-state index is -5.75. The number of nitrogens with zero attached hydrogens (tertiary/aromatic N) is 2. The first-order valence-electron chi connectivity index (χ1n) is 4.53. The molecule has 0 N–H and O–H groups in total. The van der Waals surface area contributed by atoms with E-state index < -0.39 is 30.0 Å². The third-order valence-electron chi connectivity index (χ3n) is 2.42. The Morgan fingerprint density at radius 1 is 1.25 bits per heavy atom. The zero-order valence-electron chi connectivity index (χ0n) is 8.52. The van der Waals surface area contributed by atoms with Crippen LogP contribution in [0.25, 0.3) is 0 Å². The highest BCUT2D eigenvalue weighted by Gasteiger charge is 2.64. The van der Waals surface area contributed by atoms with Crippen molar-refractivity contribution in [3.05, 3.63) is 0 Å². The van der Waals surface area contributed by atoms with Gasteiger partial charge in [-0.1, -0.05) is 6.92 Å². The van der Waals surface area contributed by atoms with Crippen LogP contribution in [-0.2, 0) is 0 Å². The van der Waals surface area contributed by atoms with Gasteiger partial charge < -0.3 is 0 Å². The van der Waals surface area contributed by atoms with Crippen LogP contribution in [0.4, 0.5) is 26.3 Å². The molecule has 16 heavy (non-hydrogen) atoms. The van der Waals surface area contributed by atoms with Gasteiger partial charge in [-0.15, -0.1) is 0 Å². The fourth-order valence-electron chi connectivity index (χ4n) is 1.52. The summed E-state index contributed by atoms with van der Waals surface area (Å²) >= 11 is 0. The molecule has 0 bridgehead atoms. The molecule has 0 amide bonds. The molecule has 2 nitrogen and oxygen atoms in total. The zero-order valence-corrected chi connectivity index (χ0v) is 8.52. The molecule has 0 aliphatic carbocycles. The average molecular weight is 248 g/mol. The second kappa shape index (κ2) is 3.81. The van der Waals surface area contributed by atoms with Crippen molar-refractivity contribution in [2.45, 2.75) is 31.7 Å². The molecule has 94 valence electrons. The Labute approximate surface area is 87.9 Å². The molecule has 0 saturated carbocycles. The summed E-state index contributed by atoms with van der Waals surface area (Å²) in [4.78, 5) is 0. The Kier molecular flexibility index (Phi) is 3.13. The van der Waals surface area contributed by atoms with Crippen molar-refractivity contribution in [3.63, 3.8) is 0 Å². The maximum absolute atomic E-state index is 13.3. The largest absolute Gasteiger partial charge is 0.459 e. The van der Waals surface area contributed by atoms with Gasteiger partial charge in [-0.25, -0.2) is 4.39 Å². The van der Waals surface area contributed by atoms with Crippen molar-refractivity contribution in [2.75, 3.05) is 7.05 Å². The molecule has 1 aliphatic rings. The van der Waals surface area contributed by atoms with Gasteiger partial charge in [0.2, 0.25) is 0 Å². The van der Waals surface area contributed by atoms with Crippen LogP contribution in [-0.4, -0.2) is 36.2 Å². The standard InChI is InChI=1S/C8H10F6N2/c1-3-4-5(15-16(2)6(4)9)7(10,11)8(12,13)14/h4,6H,3H2,1-2H3. The summed E-state index contributed by atoms with van der Waals surface area (Å²) in [7, 11) is 1.02. The predicted octanol–water partition coefficient (Wildman–Crippen LogP) is 2.81. The van der Waals surface area contributed by atoms with Crippen molar-refractivity contribution in [1.82, 2.24) is 5.01 Å². The number of halogens is 6. The molecule has 2 atom stereocenters. The van der Waals surface area contributed by atoms with Crippen molar-refractivity contribution in [2.24, 2.45) is 11.0 Å². The van der Waals surface area contributed by atoms with E-state index >= 15 is 0 Å². The van der Waals surface area contributed by atoms with E-state index in [4.69, 9.17) is 0 Å². The van der Waals surface area contributed by atoms with Crippen LogP contribution in [0, 0.1) is 5.92 Å². The first-order valence-corrected chi connectivity index (χ1v) is 4.53. The molecule has 0 fully saturated rings. The van der Waals surface area contributed by atoms with Crippen LogP contribution in [0.15, 0.2) is 5.10 Å². The maximum Gasteiger partial charge on any atom is 0.459 e. The molecule has 2 unspecified atom stereocenters. The molecule has 0 saturated heterocycles. The second-order valence-electron chi connectivity index (χ2n) is 3.52. The van der Waals surface area contributed by atoms with E-state index in [0.717, 1.165) is 7.05 Å². The Hall–Kier alpha value is -0.950. The van der Waals surface area contributed by atoms with Crippen LogP contribution in [0.5, 0.6) is 0 Å². The summed E-state index contributed by atoms with van der Waals surface area (Å²) in [6.45, 7) is 1.33. The fraction of sp³-hybridized carbons (Fsp3) is 0.875. The minimum absolute atomic E-state index is 0.171. The normalized spacial score (nSPS) is 27.2. The third-order valence-corrected chi connectivity index (χ3v) is 2.42. The molecular formula is C8H10F6N2. The summed E-state index contributed by atoms with van der Waals surface area (Å²) in [6.07, 6.45) is -7.85. The number of rotatable bonds is 2. The molecule has 1 aliphatic heterocycles. The molecule has 0 aromatic carbocycles. The van der Waals surface area contributed by atoms with Crippen LogP contribution in [0.2, 0.25) is 0 Å². The number of hydrogen-bond acceptors (Lipinski definition) is 2. The van der Waals surface area contributed by atoms with Gasteiger partial charge in [0.25, 0.3) is 0 Å². The monoisotopic (exact) mass is 248 g/mol. The molecule has 8 heteroatoms. The Bertz CT molecular complexity index is 297. The molecule has 0 radical (unpaired) electrons. The zero-order chi connectivity index (χ0) is 12.7. The lowest BCUT2D eigenvalue weighted by Crippen LogP contribution is -2.47. The topological polar surface area (TPSA) is 15.6 Å². The molecule has 0 spiro atoms. The van der Waals surface area contributed by atoms with Crippen LogP contribution >= 0.6 is 0 Å². The third kappa shape index (κ3) is 1.84. The highest BCUT2D eigenvalue weighted by Crippen LogP contribution is 2.42. The number of alkyl halides is 6. The van der Waals surface area contributed by atoms with Crippen molar-refractivity contribution in [1.29, 1.82) is 0 Å². The van der Waals surface area contributed by atoms with Gasteiger partial charge in [0, 0.05) is 7.05 Å². The van der Waals surface area contributed by atoms with Gasteiger partial charge in [0.1, 0.15) is 5.71 Å². The Balaban J connectivity index is 3.09. The predicted molar refractivity (Wildman–Crippen MR) is 44.9 cm³/mol. The van der Waals surface area contributed by atoms with Crippen LogP contribution in [0.1, 0.15) is 13.3 Å². The first-order chi connectivity index (χ1) is 7.13. The summed E-state index contributed by atoms with van der Waals surface area (Å²) < 4.78 is 75.4. The molecule has 0 aromatic heterocycles. The van der Waals surface area contributed by atoms with Gasteiger partial charge in [-0.3, -0.25) is 5.01 Å². The van der Waals surface area contributed by atoms with E-state index in [1.807, 2.05) is 0 Å². The smallest absolute Gasteiger partial charge is 0.266 e. The van der Waals surface area contributed by atoms with Gasteiger partial charge in [-0.05, 0) is 6.42 Å². The van der Waals surface area contributed by atoms with Gasteiger partial charge in [0.05, 0.1) is 5.92 Å². The van der Waals surface area contributed by atoms with E-state index in [1.54, 1.807) is 0 Å². The lowest BCUT2D eigenvalue weighted by Gasteiger charge is -2.23. The molecular weight excluding hydrogens is 238 g/mol. The number of hydrazone groups is 1. The Morgan fingerprint density at radius 3 is 2.12 bits per heavy atom. The second-order valence-corrected chi connectivity index (χ2v) is 3.52. The van der Waals surface area contributed by atoms with Crippen LogP contribution < -0.4 is 0 Å². The molecule has 1 rings (SSSR count). The quantitative estimate of drug-likeness (QED) is 0.542. The highest BCUT2D eigenvalue weighted by molar-refractivity contribution is 5.95. The fourth-order valence-corrected chi connectivity index (χ4v) is 1.52. The highest BCUT2D eigenvalue weighted by atomic mass is 19.4.